The van der Waals surface area contributed by atoms with E-state index in [4.69, 9.17) is 9.97 Å². The molecular formula is C58H70N4Si2. The fourth-order valence-corrected chi connectivity index (χ4v) is 8.85. The summed E-state index contributed by atoms with van der Waals surface area (Å²) in [6.45, 7) is 41.3. The molecule has 0 saturated heterocycles. The summed E-state index contributed by atoms with van der Waals surface area (Å²) in [4.78, 5) is 18.9. The van der Waals surface area contributed by atoms with Crippen LogP contribution in [0.4, 0.5) is 0 Å². The molecule has 0 radical (unpaired) electrons. The summed E-state index contributed by atoms with van der Waals surface area (Å²) >= 11 is 0. The number of nitrogens with zero attached hydrogens (tertiary/aromatic N) is 2. The maximum atomic E-state index is 5.52. The van der Waals surface area contributed by atoms with Crippen molar-refractivity contribution in [2.24, 2.45) is 0 Å². The van der Waals surface area contributed by atoms with E-state index in [1.807, 2.05) is 0 Å². The van der Waals surface area contributed by atoms with E-state index in [1.165, 1.54) is 22.3 Å². The maximum Gasteiger partial charge on any atom is 0.129 e. The summed E-state index contributed by atoms with van der Waals surface area (Å²) in [5.74, 6) is 7.38. The number of rotatable bonds is 2. The highest BCUT2D eigenvalue weighted by Gasteiger charge is 2.26. The summed E-state index contributed by atoms with van der Waals surface area (Å²) in [5, 5.41) is 0. The van der Waals surface area contributed by atoms with Gasteiger partial charge in [-0.2, -0.15) is 0 Å². The molecule has 2 aromatic carbocycles. The minimum atomic E-state index is -1.80. The van der Waals surface area contributed by atoms with E-state index in [1.54, 1.807) is 0 Å². The first kappa shape index (κ1) is 46.6. The number of aromatic nitrogens is 4. The monoisotopic (exact) mass is 879 g/mol. The average molecular weight is 879 g/mol. The Morgan fingerprint density at radius 1 is 0.391 bits per heavy atom. The Morgan fingerprint density at radius 3 is 1.00 bits per heavy atom. The van der Waals surface area contributed by atoms with Crippen molar-refractivity contribution in [2.75, 3.05) is 0 Å². The topological polar surface area (TPSA) is 57.4 Å². The second-order valence-corrected chi connectivity index (χ2v) is 33.6. The molecule has 8 bridgehead atoms. The molecule has 0 spiro atoms. The van der Waals surface area contributed by atoms with Gasteiger partial charge in [0, 0.05) is 22.2 Å². The van der Waals surface area contributed by atoms with E-state index >= 15 is 0 Å². The number of hydrogen-bond donors (Lipinski definition) is 2. The van der Waals surface area contributed by atoms with Crippen LogP contribution < -0.4 is 0 Å². The van der Waals surface area contributed by atoms with Crippen molar-refractivity contribution < 1.29 is 0 Å². The van der Waals surface area contributed by atoms with Crippen molar-refractivity contribution in [3.8, 4) is 45.2 Å². The SMILES string of the molecule is CC(C)(C)c1cc(-c2c3nc(c(C#C[Si](C)(C)C)c4nc(c(-c5cc(C(C)(C)C)cc(C(C)(C)C)c5)c5ccc([nH]5)c(C#C[Si](C)(C)C)c5ccc2[nH]5)C=C4)C=C3)cc(C(C)(C)C)c1. The molecule has 0 saturated carbocycles. The van der Waals surface area contributed by atoms with Crippen LogP contribution in [0.5, 0.6) is 0 Å². The smallest absolute Gasteiger partial charge is 0.129 e. The third kappa shape index (κ3) is 10.3. The Bertz CT molecular complexity index is 2810. The van der Waals surface area contributed by atoms with Crippen molar-refractivity contribution >= 4 is 62.5 Å². The van der Waals surface area contributed by atoms with Gasteiger partial charge >= 0.3 is 0 Å². The van der Waals surface area contributed by atoms with Crippen molar-refractivity contribution in [2.45, 2.75) is 144 Å². The van der Waals surface area contributed by atoms with Crippen LogP contribution in [0.3, 0.4) is 0 Å². The van der Waals surface area contributed by atoms with Gasteiger partial charge in [-0.3, -0.25) is 0 Å². The van der Waals surface area contributed by atoms with Gasteiger partial charge in [-0.1, -0.05) is 171 Å². The predicted octanol–water partition coefficient (Wildman–Crippen LogP) is 15.6. The van der Waals surface area contributed by atoms with Crippen molar-refractivity contribution in [3.05, 3.63) is 117 Å². The molecule has 5 heterocycles. The molecule has 3 aromatic heterocycles. The lowest BCUT2D eigenvalue weighted by Crippen LogP contribution is -2.16. The minimum absolute atomic E-state index is 0.0636. The number of fused-ring (bicyclic) bond motifs is 8. The zero-order chi connectivity index (χ0) is 46.9. The molecule has 5 aromatic rings. The standard InChI is InChI=1S/C58H70N4Si2/c1-55(2,3)39-31-37(32-40(35-39)56(4,5)6)53-49-23-19-45(59-49)43(27-29-63(13,14)15)47-21-25-51(61-47)54(38-33-41(57(7,8)9)36-42(34-38)58(10,11)12)52-26-22-48(62-52)44(28-30-64(16,17)18)46-20-24-50(53)60-46/h19-26,31-36,59,61H,1-18H3. The van der Waals surface area contributed by atoms with Gasteiger partial charge in [-0.15, -0.1) is 11.1 Å². The third-order valence-electron chi connectivity index (χ3n) is 11.8. The minimum Gasteiger partial charge on any atom is -0.354 e. The first-order chi connectivity index (χ1) is 29.4. The quantitative estimate of drug-likeness (QED) is 0.134. The Hall–Kier alpha value is -5.41. The van der Waals surface area contributed by atoms with Crippen molar-refractivity contribution in [1.29, 1.82) is 0 Å². The summed E-state index contributed by atoms with van der Waals surface area (Å²) < 4.78 is 0. The fourth-order valence-electron chi connectivity index (χ4n) is 7.85. The van der Waals surface area contributed by atoms with Crippen LogP contribution >= 0.6 is 0 Å². The zero-order valence-electron chi connectivity index (χ0n) is 42.0. The molecule has 0 amide bonds. The van der Waals surface area contributed by atoms with Gasteiger partial charge in [0.15, 0.2) is 0 Å². The van der Waals surface area contributed by atoms with Crippen LogP contribution in [0.1, 0.15) is 139 Å². The highest BCUT2D eigenvalue weighted by Crippen LogP contribution is 2.40. The van der Waals surface area contributed by atoms with E-state index in [9.17, 15) is 0 Å². The highest BCUT2D eigenvalue weighted by molar-refractivity contribution is 6.84. The molecule has 64 heavy (non-hydrogen) atoms. The summed E-state index contributed by atoms with van der Waals surface area (Å²) in [7, 11) is -3.58. The number of aromatic amines is 2. The molecule has 7 rings (SSSR count). The Morgan fingerprint density at radius 2 is 0.688 bits per heavy atom. The normalized spacial score (nSPS) is 13.4. The molecule has 330 valence electrons. The maximum absolute atomic E-state index is 5.52. The lowest BCUT2D eigenvalue weighted by molar-refractivity contribution is 0.568. The molecule has 2 aliphatic rings. The molecule has 6 heteroatoms. The first-order valence-electron chi connectivity index (χ1n) is 23.0. The van der Waals surface area contributed by atoms with Gasteiger partial charge in [-0.25, -0.2) is 9.97 Å². The average Bonchev–Trinajstić information content (AvgIpc) is 4.00. The van der Waals surface area contributed by atoms with Gasteiger partial charge in [-0.05, 0) is 104 Å². The van der Waals surface area contributed by atoms with E-state index in [2.05, 4.69) is 240 Å². The number of benzene rings is 2. The Balaban J connectivity index is 1.72. The van der Waals surface area contributed by atoms with E-state index in [0.29, 0.717) is 0 Å². The second-order valence-electron chi connectivity index (χ2n) is 24.1. The van der Waals surface area contributed by atoms with Gasteiger partial charge < -0.3 is 9.97 Å². The second kappa shape index (κ2) is 16.2. The highest BCUT2D eigenvalue weighted by atomic mass is 28.3. The van der Waals surface area contributed by atoms with Gasteiger partial charge in [0.1, 0.15) is 16.1 Å². The van der Waals surface area contributed by atoms with Crippen LogP contribution in [0.25, 0.3) is 68.6 Å². The molecule has 2 N–H and O–H groups in total. The van der Waals surface area contributed by atoms with E-state index in [0.717, 1.165) is 78.2 Å². The summed E-state index contributed by atoms with van der Waals surface area (Å²) in [6, 6.07) is 23.0. The lowest BCUT2D eigenvalue weighted by atomic mass is 9.78. The van der Waals surface area contributed by atoms with E-state index in [-0.39, 0.29) is 21.7 Å². The predicted molar refractivity (Wildman–Crippen MR) is 285 cm³/mol. The van der Waals surface area contributed by atoms with Crippen molar-refractivity contribution in [1.82, 2.24) is 19.9 Å². The fraction of sp³-hybridized carbons (Fsp3) is 0.379. The van der Waals surface area contributed by atoms with Crippen LogP contribution in [-0.2, 0) is 21.7 Å². The molecule has 0 atom stereocenters. The van der Waals surface area contributed by atoms with Crippen LogP contribution in [0.2, 0.25) is 39.3 Å². The first-order valence-corrected chi connectivity index (χ1v) is 30.0. The third-order valence-corrected chi connectivity index (χ3v) is 13.5. The van der Waals surface area contributed by atoms with Crippen molar-refractivity contribution in [3.63, 3.8) is 0 Å². The number of H-pyrrole nitrogens is 2. The number of hydrogen-bond acceptors (Lipinski definition) is 2. The molecule has 0 aliphatic carbocycles. The molecular weight excluding hydrogens is 809 g/mol. The molecule has 4 nitrogen and oxygen atoms in total. The number of nitrogens with one attached hydrogen (secondary N) is 2. The van der Waals surface area contributed by atoms with Gasteiger partial charge in [0.05, 0.1) is 44.9 Å². The Kier molecular flexibility index (Phi) is 11.8. The van der Waals surface area contributed by atoms with Crippen LogP contribution in [0.15, 0.2) is 60.7 Å². The van der Waals surface area contributed by atoms with Crippen LogP contribution in [0, 0.1) is 22.9 Å². The van der Waals surface area contributed by atoms with Gasteiger partial charge in [0.2, 0.25) is 0 Å². The molecule has 0 unspecified atom stereocenters. The van der Waals surface area contributed by atoms with E-state index < -0.39 is 16.1 Å². The largest absolute Gasteiger partial charge is 0.354 e. The van der Waals surface area contributed by atoms with Gasteiger partial charge in [0.25, 0.3) is 0 Å². The Labute approximate surface area is 386 Å². The zero-order valence-corrected chi connectivity index (χ0v) is 44.0. The summed E-state index contributed by atoms with van der Waals surface area (Å²) in [6.07, 6.45) is 8.61. The summed E-state index contributed by atoms with van der Waals surface area (Å²) in [5.41, 5.74) is 25.8. The molecule has 2 aliphatic heterocycles. The molecule has 0 fully saturated rings. The van der Waals surface area contributed by atoms with Crippen LogP contribution in [-0.4, -0.2) is 36.1 Å². The lowest BCUT2D eigenvalue weighted by Gasteiger charge is -2.26.